The molecule has 19 heavy (non-hydrogen) atoms. The highest BCUT2D eigenvalue weighted by Crippen LogP contribution is 2.38. The largest absolute Gasteiger partial charge is 0.465 e. The molecule has 0 unspecified atom stereocenters. The monoisotopic (exact) mass is 386 g/mol. The number of aromatic nitrogens is 2. The Labute approximate surface area is 129 Å². The average molecular weight is 388 g/mol. The smallest absolute Gasteiger partial charge is 0.294 e. The minimum absolute atomic E-state index is 0.607. The van der Waals surface area contributed by atoms with E-state index >= 15 is 0 Å². The molecular formula is C14H16Br2N2O. The third-order valence-electron chi connectivity index (χ3n) is 3.52. The van der Waals surface area contributed by atoms with Crippen LogP contribution in [0.5, 0.6) is 6.01 Å². The van der Waals surface area contributed by atoms with Crippen LogP contribution in [0.1, 0.15) is 30.9 Å². The molecule has 0 spiro atoms. The molecule has 5 heteroatoms. The van der Waals surface area contributed by atoms with Crippen LogP contribution in [0.15, 0.2) is 10.5 Å². The van der Waals surface area contributed by atoms with Gasteiger partial charge in [-0.05, 0) is 49.3 Å². The van der Waals surface area contributed by atoms with Gasteiger partial charge in [-0.1, -0.05) is 31.9 Å². The first kappa shape index (κ1) is 13.4. The lowest BCUT2D eigenvalue weighted by molar-refractivity contribution is 0.317. The van der Waals surface area contributed by atoms with Gasteiger partial charge in [0, 0.05) is 9.80 Å². The summed E-state index contributed by atoms with van der Waals surface area (Å²) in [5.74, 6) is 0.858. The number of hydrogen-bond acceptors (Lipinski definition) is 2. The van der Waals surface area contributed by atoms with Gasteiger partial charge in [-0.2, -0.15) is 4.98 Å². The molecule has 3 nitrogen and oxygen atoms in total. The Morgan fingerprint density at radius 2 is 2.21 bits per heavy atom. The summed E-state index contributed by atoms with van der Waals surface area (Å²) in [7, 11) is 0. The van der Waals surface area contributed by atoms with Crippen LogP contribution in [0, 0.1) is 5.92 Å². The van der Waals surface area contributed by atoms with Gasteiger partial charge in [-0.15, -0.1) is 0 Å². The summed E-state index contributed by atoms with van der Waals surface area (Å²) in [6, 6.07) is 2.73. The van der Waals surface area contributed by atoms with Crippen LogP contribution < -0.4 is 4.74 Å². The van der Waals surface area contributed by atoms with Gasteiger partial charge in [0.2, 0.25) is 0 Å². The van der Waals surface area contributed by atoms with Crippen molar-refractivity contribution in [3.8, 4) is 6.01 Å². The van der Waals surface area contributed by atoms with Crippen molar-refractivity contribution in [2.24, 2.45) is 5.92 Å². The molecule has 1 aliphatic carbocycles. The van der Waals surface area contributed by atoms with Gasteiger partial charge in [0.15, 0.2) is 0 Å². The Morgan fingerprint density at radius 1 is 1.42 bits per heavy atom. The summed E-state index contributed by atoms with van der Waals surface area (Å²) in [6.45, 7) is 2.59. The number of halogens is 2. The summed E-state index contributed by atoms with van der Waals surface area (Å²) in [5, 5.41) is 0.821. The predicted molar refractivity (Wildman–Crippen MR) is 84.0 cm³/mol. The van der Waals surface area contributed by atoms with Crippen LogP contribution in [0.25, 0.3) is 11.0 Å². The molecule has 102 valence electrons. The topological polar surface area (TPSA) is 37.9 Å². The summed E-state index contributed by atoms with van der Waals surface area (Å²) >= 11 is 7.31. The SMILES string of the molecule is CCOc1nc2c(CBr)c(CC3CC3)c(Br)cc2[nH]1. The van der Waals surface area contributed by atoms with E-state index in [4.69, 9.17) is 4.74 Å². The number of hydrogen-bond donors (Lipinski definition) is 1. The van der Waals surface area contributed by atoms with Crippen molar-refractivity contribution in [3.63, 3.8) is 0 Å². The van der Waals surface area contributed by atoms with Gasteiger partial charge >= 0.3 is 0 Å². The fraction of sp³-hybridized carbons (Fsp3) is 0.500. The number of rotatable bonds is 5. The first-order valence-electron chi connectivity index (χ1n) is 6.61. The van der Waals surface area contributed by atoms with Gasteiger partial charge in [0.25, 0.3) is 6.01 Å². The number of nitrogens with zero attached hydrogens (tertiary/aromatic N) is 1. The molecule has 1 heterocycles. The summed E-state index contributed by atoms with van der Waals surface area (Å²) in [4.78, 5) is 7.80. The number of ether oxygens (including phenoxy) is 1. The molecule has 0 amide bonds. The third-order valence-corrected chi connectivity index (χ3v) is 4.79. The number of H-pyrrole nitrogens is 1. The zero-order valence-corrected chi connectivity index (χ0v) is 14.0. The molecule has 1 aromatic heterocycles. The standard InChI is InChI=1S/C14H16Br2N2O/c1-2-19-14-17-12-6-11(16)9(5-8-3-4-8)10(7-15)13(12)18-14/h6,8H,2-5,7H2,1H3,(H,17,18). The maximum Gasteiger partial charge on any atom is 0.294 e. The van der Waals surface area contributed by atoms with Crippen molar-refractivity contribution >= 4 is 42.9 Å². The average Bonchev–Trinajstić information content (AvgIpc) is 3.11. The van der Waals surface area contributed by atoms with Crippen molar-refractivity contribution in [2.75, 3.05) is 6.61 Å². The molecule has 1 fully saturated rings. The van der Waals surface area contributed by atoms with Gasteiger partial charge in [-0.25, -0.2) is 0 Å². The second-order valence-corrected chi connectivity index (χ2v) is 6.38. The maximum absolute atomic E-state index is 5.47. The Kier molecular flexibility index (Phi) is 3.85. The van der Waals surface area contributed by atoms with E-state index in [9.17, 15) is 0 Å². The predicted octanol–water partition coefficient (Wildman–Crippen LogP) is 4.57. The van der Waals surface area contributed by atoms with Crippen molar-refractivity contribution in [3.05, 3.63) is 21.7 Å². The van der Waals surface area contributed by atoms with Crippen molar-refractivity contribution < 1.29 is 4.74 Å². The van der Waals surface area contributed by atoms with Crippen LogP contribution in [0.4, 0.5) is 0 Å². The number of aromatic amines is 1. The molecular weight excluding hydrogens is 372 g/mol. The highest BCUT2D eigenvalue weighted by atomic mass is 79.9. The molecule has 1 saturated carbocycles. The zero-order chi connectivity index (χ0) is 13.4. The normalized spacial score (nSPS) is 15.1. The Bertz CT molecular complexity index is 605. The highest BCUT2D eigenvalue weighted by molar-refractivity contribution is 9.10. The number of benzene rings is 1. The van der Waals surface area contributed by atoms with Crippen molar-refractivity contribution in [1.82, 2.24) is 9.97 Å². The van der Waals surface area contributed by atoms with E-state index in [1.807, 2.05) is 6.92 Å². The Balaban J connectivity index is 2.10. The second-order valence-electron chi connectivity index (χ2n) is 4.97. The van der Waals surface area contributed by atoms with E-state index in [0.717, 1.165) is 28.7 Å². The van der Waals surface area contributed by atoms with Crippen LogP contribution in [-0.4, -0.2) is 16.6 Å². The third kappa shape index (κ3) is 2.68. The minimum Gasteiger partial charge on any atom is -0.465 e. The Hall–Kier alpha value is -0.550. The number of imidazole rings is 1. The summed E-state index contributed by atoms with van der Waals surface area (Å²) < 4.78 is 6.64. The Morgan fingerprint density at radius 3 is 2.84 bits per heavy atom. The van der Waals surface area contributed by atoms with Gasteiger partial charge in [-0.3, -0.25) is 0 Å². The summed E-state index contributed by atoms with van der Waals surface area (Å²) in [6.07, 6.45) is 3.86. The van der Waals surface area contributed by atoms with Crippen LogP contribution >= 0.6 is 31.9 Å². The summed E-state index contributed by atoms with van der Waals surface area (Å²) in [5.41, 5.74) is 4.73. The molecule has 0 aliphatic heterocycles. The quantitative estimate of drug-likeness (QED) is 0.763. The maximum atomic E-state index is 5.47. The molecule has 1 aliphatic rings. The zero-order valence-electron chi connectivity index (χ0n) is 10.8. The fourth-order valence-corrected chi connectivity index (χ4v) is 3.61. The van der Waals surface area contributed by atoms with E-state index < -0.39 is 0 Å². The van der Waals surface area contributed by atoms with E-state index in [2.05, 4.69) is 47.9 Å². The van der Waals surface area contributed by atoms with Crippen LogP contribution in [0.3, 0.4) is 0 Å². The molecule has 0 radical (unpaired) electrons. The molecule has 0 atom stereocenters. The van der Waals surface area contributed by atoms with Gasteiger partial charge in [0.1, 0.15) is 0 Å². The number of fused-ring (bicyclic) bond motifs is 1. The van der Waals surface area contributed by atoms with Gasteiger partial charge < -0.3 is 9.72 Å². The first-order chi connectivity index (χ1) is 9.22. The van der Waals surface area contributed by atoms with E-state index in [-0.39, 0.29) is 0 Å². The van der Waals surface area contributed by atoms with Crippen molar-refractivity contribution in [2.45, 2.75) is 31.5 Å². The molecule has 3 rings (SSSR count). The second kappa shape index (κ2) is 5.44. The van der Waals surface area contributed by atoms with Crippen LogP contribution in [-0.2, 0) is 11.8 Å². The van der Waals surface area contributed by atoms with Gasteiger partial charge in [0.05, 0.1) is 17.6 Å². The van der Waals surface area contributed by atoms with E-state index in [1.54, 1.807) is 0 Å². The van der Waals surface area contributed by atoms with E-state index in [0.29, 0.717) is 12.6 Å². The lowest BCUT2D eigenvalue weighted by Gasteiger charge is -2.10. The minimum atomic E-state index is 0.607. The van der Waals surface area contributed by atoms with E-state index in [1.165, 1.54) is 28.4 Å². The molecule has 1 N–H and O–H groups in total. The molecule has 0 bridgehead atoms. The van der Waals surface area contributed by atoms with Crippen molar-refractivity contribution in [1.29, 1.82) is 0 Å². The number of nitrogens with one attached hydrogen (secondary N) is 1. The van der Waals surface area contributed by atoms with Crippen LogP contribution in [0.2, 0.25) is 0 Å². The fourth-order valence-electron chi connectivity index (χ4n) is 2.38. The highest BCUT2D eigenvalue weighted by Gasteiger charge is 2.25. The lowest BCUT2D eigenvalue weighted by atomic mass is 10.0. The number of alkyl halides is 1. The molecule has 2 aromatic rings. The first-order valence-corrected chi connectivity index (χ1v) is 8.53. The molecule has 1 aromatic carbocycles. The lowest BCUT2D eigenvalue weighted by Crippen LogP contribution is -1.97. The molecule has 0 saturated heterocycles.